The van der Waals surface area contributed by atoms with E-state index in [-0.39, 0.29) is 17.6 Å². The number of halogens is 1. The summed E-state index contributed by atoms with van der Waals surface area (Å²) >= 11 is 1.73. The smallest absolute Gasteiger partial charge is 0.203 e. The topological polar surface area (TPSA) is 79.8 Å². The van der Waals surface area contributed by atoms with Crippen molar-refractivity contribution in [2.75, 3.05) is 69.0 Å². The van der Waals surface area contributed by atoms with Gasteiger partial charge in [0.1, 0.15) is 55.0 Å². The molecule has 5 heterocycles. The maximum atomic E-state index is 9.97. The highest BCUT2D eigenvalue weighted by Gasteiger charge is 2.46. The lowest BCUT2D eigenvalue weighted by molar-refractivity contribution is -0.164. The summed E-state index contributed by atoms with van der Waals surface area (Å²) in [6, 6.07) is 11.1. The zero-order chi connectivity index (χ0) is 34.2. The largest absolute Gasteiger partial charge is 0.489 e. The Balaban J connectivity index is 1.50. The third-order valence-electron chi connectivity index (χ3n) is 11.5. The van der Waals surface area contributed by atoms with E-state index in [0.29, 0.717) is 38.8 Å². The minimum Gasteiger partial charge on any atom is -0.489 e. The SMILES string of the molecule is Cc1c(-c2c3ccc(=[N+](CCO)CCOOI)cc-3oc3c4c5c(cc23)C(C)CC(C)(C)N5CCC4(C)C)cc2c3c1OCCN3CCO2. The van der Waals surface area contributed by atoms with Gasteiger partial charge in [0.2, 0.25) is 5.36 Å². The highest BCUT2D eigenvalue weighted by atomic mass is 127. The molecular formula is C39H47IN3O6+. The highest BCUT2D eigenvalue weighted by Crippen LogP contribution is 2.57. The summed E-state index contributed by atoms with van der Waals surface area (Å²) in [5, 5.41) is 12.1. The predicted molar refractivity (Wildman–Crippen MR) is 201 cm³/mol. The second kappa shape index (κ2) is 12.3. The van der Waals surface area contributed by atoms with E-state index in [1.54, 1.807) is 23.0 Å². The molecule has 1 aliphatic carbocycles. The third kappa shape index (κ3) is 5.31. The first kappa shape index (κ1) is 33.1. The maximum absolute atomic E-state index is 9.97. The van der Waals surface area contributed by atoms with E-state index in [1.165, 1.54) is 16.8 Å². The van der Waals surface area contributed by atoms with Crippen molar-refractivity contribution >= 4 is 45.3 Å². The minimum absolute atomic E-state index is 0.0195. The fraction of sp³-hybridized carbons (Fsp3) is 0.513. The molecule has 8 rings (SSSR count). The van der Waals surface area contributed by atoms with Gasteiger partial charge in [0.05, 0.1) is 19.2 Å². The van der Waals surface area contributed by atoms with Crippen LogP contribution in [0.2, 0.25) is 0 Å². The van der Waals surface area contributed by atoms with Crippen LogP contribution in [0, 0.1) is 6.92 Å². The lowest BCUT2D eigenvalue weighted by Crippen LogP contribution is -2.53. The van der Waals surface area contributed by atoms with Crippen LogP contribution in [0.5, 0.6) is 11.5 Å². The molecule has 1 N–H and O–H groups in total. The highest BCUT2D eigenvalue weighted by molar-refractivity contribution is 14.1. The molecular weight excluding hydrogens is 733 g/mol. The molecule has 2 aromatic rings. The second-order valence-electron chi connectivity index (χ2n) is 15.4. The average Bonchev–Trinajstić information content (AvgIpc) is 3.07. The summed E-state index contributed by atoms with van der Waals surface area (Å²) in [4.78, 5) is 10.3. The maximum Gasteiger partial charge on any atom is 0.203 e. The molecule has 1 unspecified atom stereocenters. The fourth-order valence-corrected chi connectivity index (χ4v) is 9.28. The first-order valence-electron chi connectivity index (χ1n) is 17.7. The van der Waals surface area contributed by atoms with Crippen molar-refractivity contribution in [2.24, 2.45) is 0 Å². The van der Waals surface area contributed by atoms with Crippen molar-refractivity contribution in [3.05, 3.63) is 52.4 Å². The minimum atomic E-state index is -0.0946. The van der Waals surface area contributed by atoms with Gasteiger partial charge in [-0.15, -0.1) is 0 Å². The molecule has 0 saturated carbocycles. The number of rotatable bonds is 7. The van der Waals surface area contributed by atoms with Crippen molar-refractivity contribution in [2.45, 2.75) is 71.3 Å². The van der Waals surface area contributed by atoms with Gasteiger partial charge in [-0.2, -0.15) is 3.22 Å². The zero-order valence-corrected chi connectivity index (χ0v) is 31.6. The molecule has 260 valence electrons. The van der Waals surface area contributed by atoms with Gasteiger partial charge in [-0.1, -0.05) is 20.8 Å². The summed E-state index contributed by atoms with van der Waals surface area (Å²) in [6.07, 6.45) is 2.14. The molecule has 6 aliphatic rings. The Kier molecular flexibility index (Phi) is 8.32. The number of ether oxygens (including phenoxy) is 2. The van der Waals surface area contributed by atoms with E-state index < -0.39 is 0 Å². The quantitative estimate of drug-likeness (QED) is 0.0540. The molecule has 10 heteroatoms. The van der Waals surface area contributed by atoms with Crippen molar-refractivity contribution in [3.8, 4) is 33.9 Å². The van der Waals surface area contributed by atoms with Gasteiger partial charge in [0, 0.05) is 51.5 Å². The van der Waals surface area contributed by atoms with Crippen LogP contribution in [0.25, 0.3) is 33.4 Å². The number of aliphatic hydroxyl groups excluding tert-OH is 1. The van der Waals surface area contributed by atoms with E-state index in [1.807, 2.05) is 0 Å². The molecule has 49 heavy (non-hydrogen) atoms. The van der Waals surface area contributed by atoms with Crippen molar-refractivity contribution in [3.63, 3.8) is 0 Å². The van der Waals surface area contributed by atoms with E-state index >= 15 is 0 Å². The van der Waals surface area contributed by atoms with Crippen LogP contribution >= 0.6 is 23.0 Å². The normalized spacial score (nSPS) is 20.9. The second-order valence-corrected chi connectivity index (χ2v) is 15.8. The molecule has 0 bridgehead atoms. The molecule has 0 radical (unpaired) electrons. The van der Waals surface area contributed by atoms with Gasteiger partial charge in [0.25, 0.3) is 0 Å². The van der Waals surface area contributed by atoms with Gasteiger partial charge in [-0.05, 0) is 74.3 Å². The van der Waals surface area contributed by atoms with Crippen LogP contribution in [-0.4, -0.2) is 69.8 Å². The van der Waals surface area contributed by atoms with Crippen LogP contribution < -0.4 is 29.2 Å². The fourth-order valence-electron chi connectivity index (χ4n) is 9.10. The molecule has 0 saturated heterocycles. The Labute approximate surface area is 302 Å². The number of hydrogen-bond donors (Lipinski definition) is 1. The van der Waals surface area contributed by atoms with Gasteiger partial charge >= 0.3 is 0 Å². The summed E-state index contributed by atoms with van der Waals surface area (Å²) in [7, 11) is 0. The van der Waals surface area contributed by atoms with E-state index in [2.05, 4.69) is 86.2 Å². The van der Waals surface area contributed by atoms with Crippen LogP contribution in [0.3, 0.4) is 0 Å². The predicted octanol–water partition coefficient (Wildman–Crippen LogP) is 6.94. The Morgan fingerprint density at radius 1 is 1.00 bits per heavy atom. The molecule has 2 aromatic carbocycles. The average molecular weight is 781 g/mol. The lowest BCUT2D eigenvalue weighted by atomic mass is 9.69. The van der Waals surface area contributed by atoms with E-state index in [4.69, 9.17) is 22.0 Å². The molecule has 0 aromatic heterocycles. The number of nitrogens with zero attached hydrogens (tertiary/aromatic N) is 3. The number of fused-ring (bicyclic) bond motifs is 3. The number of anilines is 2. The summed E-state index contributed by atoms with van der Waals surface area (Å²) in [6.45, 7) is 19.6. The summed E-state index contributed by atoms with van der Waals surface area (Å²) < 4.78 is 26.9. The summed E-state index contributed by atoms with van der Waals surface area (Å²) in [5.41, 5.74) is 10.4. The van der Waals surface area contributed by atoms with Gasteiger partial charge in [0.15, 0.2) is 36.1 Å². The third-order valence-corrected chi connectivity index (χ3v) is 11.7. The number of hydrogen-bond acceptors (Lipinski definition) is 8. The van der Waals surface area contributed by atoms with Crippen molar-refractivity contribution < 1.29 is 27.1 Å². The monoisotopic (exact) mass is 780 g/mol. The molecule has 5 aliphatic heterocycles. The zero-order valence-electron chi connectivity index (χ0n) is 29.5. The van der Waals surface area contributed by atoms with Crippen LogP contribution in [-0.2, 0) is 13.5 Å². The van der Waals surface area contributed by atoms with Crippen LogP contribution in [0.15, 0.2) is 34.7 Å². The molecule has 0 spiro atoms. The van der Waals surface area contributed by atoms with Crippen molar-refractivity contribution in [1.29, 1.82) is 0 Å². The molecule has 1 atom stereocenters. The van der Waals surface area contributed by atoms with Crippen LogP contribution in [0.1, 0.15) is 70.1 Å². The van der Waals surface area contributed by atoms with Gasteiger partial charge in [-0.25, -0.2) is 9.46 Å². The first-order valence-corrected chi connectivity index (χ1v) is 18.6. The lowest BCUT2D eigenvalue weighted by Gasteiger charge is -2.53. The molecule has 0 amide bonds. The first-order chi connectivity index (χ1) is 23.5. The Morgan fingerprint density at radius 3 is 2.57 bits per heavy atom. The van der Waals surface area contributed by atoms with Crippen molar-refractivity contribution in [1.82, 2.24) is 4.58 Å². The Hall–Kier alpha value is -3.06. The Morgan fingerprint density at radius 2 is 1.80 bits per heavy atom. The standard InChI is InChI=1S/C39H47IN3O6/c1-23-22-39(5,6)43-10-9-38(3,4)33-34(43)27(23)20-29-32(28-21-31-35-36(24(28)2)46-17-13-42(35)12-16-45-31)26-8-7-25(19-30(26)48-37(29)33)41(11-15-44)14-18-47-49-40/h7-8,19-21,23,44H,9-18,22H2,1-6H3/q+1. The van der Waals surface area contributed by atoms with E-state index in [0.717, 1.165) is 94.0 Å². The molecule has 9 nitrogen and oxygen atoms in total. The van der Waals surface area contributed by atoms with Gasteiger partial charge in [-0.3, -0.25) is 0 Å². The molecule has 0 fully saturated rings. The Bertz CT molecular complexity index is 2000. The van der Waals surface area contributed by atoms with Crippen LogP contribution in [0.4, 0.5) is 11.4 Å². The summed E-state index contributed by atoms with van der Waals surface area (Å²) in [5.74, 6) is 3.00. The number of benzene rings is 3. The number of aliphatic hydroxyl groups is 1. The van der Waals surface area contributed by atoms with E-state index in [9.17, 15) is 5.11 Å². The van der Waals surface area contributed by atoms with Gasteiger partial charge < -0.3 is 28.8 Å².